The van der Waals surface area contributed by atoms with E-state index in [1.165, 1.54) is 12.5 Å². The van der Waals surface area contributed by atoms with E-state index in [2.05, 4.69) is 19.6 Å². The van der Waals surface area contributed by atoms with Gasteiger partial charge in [0, 0.05) is 18.4 Å². The molecule has 6 heteroatoms. The summed E-state index contributed by atoms with van der Waals surface area (Å²) in [6, 6.07) is 0. The van der Waals surface area contributed by atoms with Gasteiger partial charge in [-0.3, -0.25) is 4.79 Å². The number of carbonyl (C=O) groups excluding carboxylic acids is 2. The molecule has 0 spiro atoms. The highest BCUT2D eigenvalue weighted by Crippen LogP contribution is 2.48. The van der Waals surface area contributed by atoms with Gasteiger partial charge in [0.05, 0.1) is 6.10 Å². The van der Waals surface area contributed by atoms with Crippen LogP contribution in [0.25, 0.3) is 0 Å². The van der Waals surface area contributed by atoms with Crippen LogP contribution in [0.3, 0.4) is 0 Å². The van der Waals surface area contributed by atoms with E-state index < -0.39 is 23.8 Å². The van der Waals surface area contributed by atoms with Crippen molar-refractivity contribution >= 4 is 11.9 Å². The topological polar surface area (TPSA) is 85.4 Å². The number of rotatable bonds is 2. The van der Waals surface area contributed by atoms with Crippen molar-refractivity contribution in [3.8, 4) is 0 Å². The van der Waals surface area contributed by atoms with Gasteiger partial charge in [0.1, 0.15) is 24.4 Å². The van der Waals surface area contributed by atoms with Gasteiger partial charge < -0.3 is 19.3 Å². The molecule has 6 nitrogen and oxygen atoms in total. The van der Waals surface area contributed by atoms with Gasteiger partial charge in [-0.05, 0) is 51.5 Å². The Hall–Kier alpha value is -1.92. The number of hydrogen-bond acceptors (Lipinski definition) is 6. The summed E-state index contributed by atoms with van der Waals surface area (Å²) in [6.45, 7) is 9.42. The predicted molar refractivity (Wildman–Crippen MR) is 103 cm³/mol. The van der Waals surface area contributed by atoms with E-state index in [9.17, 15) is 14.7 Å². The van der Waals surface area contributed by atoms with Crippen molar-refractivity contribution in [3.63, 3.8) is 0 Å². The number of hydrogen-bond donors (Lipinski definition) is 1. The molecule has 2 fully saturated rings. The molecule has 0 aromatic heterocycles. The van der Waals surface area contributed by atoms with Crippen molar-refractivity contribution in [2.75, 3.05) is 6.61 Å². The summed E-state index contributed by atoms with van der Waals surface area (Å²) in [5.74, 6) is -1.13. The fraction of sp³-hybridized carbons (Fsp3) is 0.636. The SMILES string of the molecule is C=C1C(=O)O[C@H]2C1C[C@@H]1O[C@@]1(COC(C)=O)CC/C=C(\C)CC/C=C(\C)[C@H]2O. The van der Waals surface area contributed by atoms with Crippen molar-refractivity contribution in [1.29, 1.82) is 0 Å². The molecule has 1 aliphatic carbocycles. The Balaban J connectivity index is 1.85. The zero-order chi connectivity index (χ0) is 20.5. The van der Waals surface area contributed by atoms with Gasteiger partial charge in [-0.15, -0.1) is 0 Å². The zero-order valence-corrected chi connectivity index (χ0v) is 16.9. The Morgan fingerprint density at radius 1 is 1.36 bits per heavy atom. The van der Waals surface area contributed by atoms with Gasteiger partial charge in [-0.2, -0.15) is 0 Å². The van der Waals surface area contributed by atoms with E-state index in [1.807, 2.05) is 13.0 Å². The minimum absolute atomic E-state index is 0.168. The second-order valence-corrected chi connectivity index (χ2v) is 8.21. The zero-order valence-electron chi connectivity index (χ0n) is 16.9. The Morgan fingerprint density at radius 2 is 2.11 bits per heavy atom. The Labute approximate surface area is 166 Å². The largest absolute Gasteiger partial charge is 0.463 e. The van der Waals surface area contributed by atoms with E-state index in [4.69, 9.17) is 14.2 Å². The van der Waals surface area contributed by atoms with Crippen LogP contribution in [-0.2, 0) is 23.8 Å². The molecule has 3 aliphatic rings. The average Bonchev–Trinajstić information content (AvgIpc) is 3.25. The first-order chi connectivity index (χ1) is 13.2. The third-order valence-corrected chi connectivity index (χ3v) is 6.09. The van der Waals surface area contributed by atoms with Gasteiger partial charge in [0.2, 0.25) is 0 Å². The van der Waals surface area contributed by atoms with Gasteiger partial charge in [-0.25, -0.2) is 4.79 Å². The molecule has 0 radical (unpaired) electrons. The highest BCUT2D eigenvalue weighted by Gasteiger charge is 2.59. The van der Waals surface area contributed by atoms with Gasteiger partial charge in [0.25, 0.3) is 0 Å². The number of carbonyl (C=O) groups is 2. The van der Waals surface area contributed by atoms with E-state index in [0.29, 0.717) is 12.0 Å². The van der Waals surface area contributed by atoms with E-state index in [1.54, 1.807) is 0 Å². The molecule has 2 heterocycles. The molecule has 5 atom stereocenters. The molecule has 0 aromatic carbocycles. The average molecular weight is 390 g/mol. The maximum Gasteiger partial charge on any atom is 0.334 e. The summed E-state index contributed by atoms with van der Waals surface area (Å²) in [5.41, 5.74) is 1.90. The maximum absolute atomic E-state index is 12.1. The summed E-state index contributed by atoms with van der Waals surface area (Å²) in [6.07, 6.45) is 6.29. The van der Waals surface area contributed by atoms with E-state index >= 15 is 0 Å². The van der Waals surface area contributed by atoms with Crippen LogP contribution in [0.5, 0.6) is 0 Å². The monoisotopic (exact) mass is 390 g/mol. The summed E-state index contributed by atoms with van der Waals surface area (Å²) in [7, 11) is 0. The quantitative estimate of drug-likeness (QED) is 0.338. The number of aliphatic hydroxyl groups excluding tert-OH is 1. The highest BCUT2D eigenvalue weighted by atomic mass is 16.6. The molecule has 0 bridgehead atoms. The van der Waals surface area contributed by atoms with Crippen LogP contribution in [0.1, 0.15) is 52.9 Å². The first-order valence-electron chi connectivity index (χ1n) is 9.95. The summed E-state index contributed by atoms with van der Waals surface area (Å²) in [5, 5.41) is 10.8. The third-order valence-electron chi connectivity index (χ3n) is 6.09. The van der Waals surface area contributed by atoms with Crippen molar-refractivity contribution in [1.82, 2.24) is 0 Å². The molecule has 154 valence electrons. The number of aliphatic hydroxyl groups is 1. The minimum atomic E-state index is -0.873. The van der Waals surface area contributed by atoms with Crippen LogP contribution in [0.4, 0.5) is 0 Å². The van der Waals surface area contributed by atoms with E-state index in [-0.39, 0.29) is 24.6 Å². The van der Waals surface area contributed by atoms with Gasteiger partial charge in [0.15, 0.2) is 0 Å². The first kappa shape index (κ1) is 20.8. The van der Waals surface area contributed by atoms with Crippen molar-refractivity contribution in [2.45, 2.75) is 76.8 Å². The Bertz CT molecular complexity index is 721. The fourth-order valence-electron chi connectivity index (χ4n) is 4.15. The lowest BCUT2D eigenvalue weighted by atomic mass is 9.84. The molecular formula is C22H30O6. The molecule has 0 aromatic rings. The molecule has 28 heavy (non-hydrogen) atoms. The minimum Gasteiger partial charge on any atom is -0.463 e. The first-order valence-corrected chi connectivity index (χ1v) is 9.95. The molecule has 2 saturated heterocycles. The summed E-state index contributed by atoms with van der Waals surface area (Å²) >= 11 is 0. The van der Waals surface area contributed by atoms with Crippen LogP contribution in [-0.4, -0.2) is 47.6 Å². The number of allylic oxidation sites excluding steroid dienone is 3. The number of ether oxygens (including phenoxy) is 3. The molecule has 0 saturated carbocycles. The predicted octanol–water partition coefficient (Wildman–Crippen LogP) is 3.00. The molecule has 3 rings (SSSR count). The molecule has 1 N–H and O–H groups in total. The normalized spacial score (nSPS) is 40.0. The van der Waals surface area contributed by atoms with E-state index in [0.717, 1.165) is 31.3 Å². The van der Waals surface area contributed by atoms with Crippen LogP contribution in [0.2, 0.25) is 0 Å². The summed E-state index contributed by atoms with van der Waals surface area (Å²) in [4.78, 5) is 23.4. The maximum atomic E-state index is 12.1. The highest BCUT2D eigenvalue weighted by molar-refractivity contribution is 5.91. The van der Waals surface area contributed by atoms with Crippen molar-refractivity contribution < 1.29 is 28.9 Å². The lowest BCUT2D eigenvalue weighted by Gasteiger charge is -2.24. The fourth-order valence-corrected chi connectivity index (χ4v) is 4.15. The van der Waals surface area contributed by atoms with Crippen LogP contribution >= 0.6 is 0 Å². The van der Waals surface area contributed by atoms with Crippen LogP contribution in [0.15, 0.2) is 35.5 Å². The van der Waals surface area contributed by atoms with Crippen molar-refractivity contribution in [3.05, 3.63) is 35.5 Å². The number of epoxide rings is 1. The Kier molecular flexibility index (Phi) is 6.10. The smallest absolute Gasteiger partial charge is 0.334 e. The van der Waals surface area contributed by atoms with Crippen LogP contribution < -0.4 is 0 Å². The van der Waals surface area contributed by atoms with Gasteiger partial charge >= 0.3 is 11.9 Å². The van der Waals surface area contributed by atoms with Crippen LogP contribution in [0, 0.1) is 5.92 Å². The standard InChI is InChI=1S/C22H30O6/c1-13-7-5-9-14(2)19(24)20-17(15(3)21(25)27-20)11-18-22(28-18,10-6-8-13)12-26-16(4)23/h8-9,17-20,24H,3,5-7,10-12H2,1-2,4H3/b13-8+,14-9+/t17?,18-,19+,20-,22+/m0/s1. The van der Waals surface area contributed by atoms with Gasteiger partial charge in [-0.1, -0.05) is 24.3 Å². The lowest BCUT2D eigenvalue weighted by Crippen LogP contribution is -2.34. The molecular weight excluding hydrogens is 360 g/mol. The molecule has 1 unspecified atom stereocenters. The third kappa shape index (κ3) is 4.39. The second-order valence-electron chi connectivity index (χ2n) is 8.21. The second kappa shape index (κ2) is 8.21. The lowest BCUT2D eigenvalue weighted by molar-refractivity contribution is -0.143. The van der Waals surface area contributed by atoms with Crippen molar-refractivity contribution in [2.24, 2.45) is 5.92 Å². The molecule has 0 amide bonds. The molecule has 2 aliphatic heterocycles. The number of fused-ring (bicyclic) bond motifs is 2. The summed E-state index contributed by atoms with van der Waals surface area (Å²) < 4.78 is 16.7. The number of esters is 2. The Morgan fingerprint density at radius 3 is 2.82 bits per heavy atom.